The van der Waals surface area contributed by atoms with Crippen LogP contribution < -0.4 is 10.5 Å². The van der Waals surface area contributed by atoms with Crippen LogP contribution >= 0.6 is 0 Å². The van der Waals surface area contributed by atoms with Crippen molar-refractivity contribution in [2.45, 2.75) is 12.0 Å². The molecule has 0 bridgehead atoms. The molecule has 0 N–H and O–H groups in total. The zero-order chi connectivity index (χ0) is 43.5. The Morgan fingerprint density at radius 2 is 1.11 bits per heavy atom. The average molecular weight is 849 g/mol. The van der Waals surface area contributed by atoms with Gasteiger partial charge < -0.3 is 13.9 Å². The van der Waals surface area contributed by atoms with Gasteiger partial charge in [-0.2, -0.15) is 9.97 Å². The highest BCUT2D eigenvalue weighted by Crippen LogP contribution is 2.52. The first-order valence-corrected chi connectivity index (χ1v) is 22.2. The molecule has 4 aromatic heterocycles. The maximum absolute atomic E-state index is 16.5. The average Bonchev–Trinajstić information content (AvgIpc) is 4.05. The molecule has 8 nitrogen and oxygen atoms in total. The molecule has 0 saturated carbocycles. The molecule has 0 spiro atoms. The second-order valence-corrected chi connectivity index (χ2v) is 17.0. The van der Waals surface area contributed by atoms with Crippen LogP contribution in [0.2, 0.25) is 0 Å². The summed E-state index contributed by atoms with van der Waals surface area (Å²) < 4.78 is 10.5. The van der Waals surface area contributed by atoms with E-state index in [0.717, 1.165) is 93.8 Å². The Labute approximate surface area is 377 Å². The fourth-order valence-corrected chi connectivity index (χ4v) is 10.8. The Kier molecular flexibility index (Phi) is 7.79. The van der Waals surface area contributed by atoms with E-state index in [2.05, 4.69) is 119 Å². The van der Waals surface area contributed by atoms with Crippen molar-refractivity contribution in [2.75, 3.05) is 4.90 Å². The summed E-state index contributed by atoms with van der Waals surface area (Å²) in [5, 5.41) is 6.26. The molecule has 8 heteroatoms. The highest BCUT2D eigenvalue weighted by molar-refractivity contribution is 6.26. The minimum absolute atomic E-state index is 0.0162. The zero-order valence-corrected chi connectivity index (χ0v) is 35.3. The molecule has 2 unspecified atom stereocenters. The van der Waals surface area contributed by atoms with Gasteiger partial charge in [0.15, 0.2) is 11.6 Å². The van der Waals surface area contributed by atoms with E-state index in [1.54, 1.807) is 4.57 Å². The number of pyridine rings is 1. The first-order valence-electron chi connectivity index (χ1n) is 22.2. The number of aromatic nitrogens is 5. The van der Waals surface area contributed by atoms with E-state index in [1.807, 2.05) is 97.1 Å². The van der Waals surface area contributed by atoms with Crippen LogP contribution in [-0.2, 0) is 0 Å². The number of anilines is 2. The summed E-state index contributed by atoms with van der Waals surface area (Å²) in [5.41, 5.74) is 9.87. The number of rotatable bonds is 5. The summed E-state index contributed by atoms with van der Waals surface area (Å²) in [7, 11) is 0. The summed E-state index contributed by atoms with van der Waals surface area (Å²) in [6.45, 7) is 0. The lowest BCUT2D eigenvalue weighted by atomic mass is 9.88. The topological polar surface area (TPSA) is 82.0 Å². The molecule has 5 heterocycles. The summed E-state index contributed by atoms with van der Waals surface area (Å²) >= 11 is 0. The molecule has 66 heavy (non-hydrogen) atoms. The molecule has 2 atom stereocenters. The van der Waals surface area contributed by atoms with Crippen molar-refractivity contribution in [1.29, 1.82) is 0 Å². The molecular weight excluding hydrogens is 813 g/mol. The molecule has 1 aliphatic heterocycles. The molecule has 1 aliphatic carbocycles. The van der Waals surface area contributed by atoms with Gasteiger partial charge in [0.05, 0.1) is 39.1 Å². The largest absolute Gasteiger partial charge is 0.456 e. The van der Waals surface area contributed by atoms with E-state index in [-0.39, 0.29) is 23.5 Å². The van der Waals surface area contributed by atoms with Crippen LogP contribution in [0.3, 0.4) is 0 Å². The van der Waals surface area contributed by atoms with E-state index >= 15 is 4.79 Å². The van der Waals surface area contributed by atoms with Gasteiger partial charge in [-0.25, -0.2) is 9.55 Å². The van der Waals surface area contributed by atoms with Gasteiger partial charge in [-0.05, 0) is 53.9 Å². The minimum Gasteiger partial charge on any atom is -0.456 e. The van der Waals surface area contributed by atoms with Crippen molar-refractivity contribution in [3.05, 3.63) is 222 Å². The molecule has 14 rings (SSSR count). The third-order valence-corrected chi connectivity index (χ3v) is 13.5. The molecule has 12 aromatic rings. The second-order valence-electron chi connectivity index (χ2n) is 17.0. The quantitative estimate of drug-likeness (QED) is 0.160. The number of hydrogen-bond acceptors (Lipinski definition) is 6. The van der Waals surface area contributed by atoms with E-state index in [9.17, 15) is 0 Å². The van der Waals surface area contributed by atoms with Gasteiger partial charge >= 0.3 is 0 Å². The normalized spacial score (nSPS) is 15.5. The maximum Gasteiger partial charge on any atom is 0.266 e. The zero-order valence-electron chi connectivity index (χ0n) is 35.3. The van der Waals surface area contributed by atoms with Crippen LogP contribution in [0.15, 0.2) is 216 Å². The number of hydrogen-bond donors (Lipinski definition) is 0. The van der Waals surface area contributed by atoms with Gasteiger partial charge in [0.1, 0.15) is 11.2 Å². The van der Waals surface area contributed by atoms with Crippen LogP contribution in [0.4, 0.5) is 11.4 Å². The lowest BCUT2D eigenvalue weighted by Gasteiger charge is -2.28. The number of benzene rings is 8. The smallest absolute Gasteiger partial charge is 0.266 e. The lowest BCUT2D eigenvalue weighted by molar-refractivity contribution is 0.669. The Hall–Kier alpha value is -8.88. The van der Waals surface area contributed by atoms with Crippen LogP contribution in [-0.4, -0.2) is 30.1 Å². The van der Waals surface area contributed by atoms with Gasteiger partial charge in [-0.3, -0.25) is 4.79 Å². The summed E-state index contributed by atoms with van der Waals surface area (Å²) in [4.78, 5) is 34.5. The number of fused-ring (bicyclic) bond motifs is 14. The minimum atomic E-state index is -0.208. The van der Waals surface area contributed by atoms with Crippen molar-refractivity contribution in [3.63, 3.8) is 0 Å². The van der Waals surface area contributed by atoms with E-state index < -0.39 is 0 Å². The van der Waals surface area contributed by atoms with E-state index in [4.69, 9.17) is 19.4 Å². The Morgan fingerprint density at radius 3 is 1.88 bits per heavy atom. The third kappa shape index (κ3) is 5.20. The van der Waals surface area contributed by atoms with Crippen molar-refractivity contribution in [2.24, 2.45) is 0 Å². The number of allylic oxidation sites excluding steroid dienone is 2. The van der Waals surface area contributed by atoms with Gasteiger partial charge in [0.25, 0.3) is 5.56 Å². The van der Waals surface area contributed by atoms with Crippen LogP contribution in [0, 0.1) is 0 Å². The lowest BCUT2D eigenvalue weighted by Crippen LogP contribution is -2.28. The molecule has 310 valence electrons. The number of furan rings is 1. The van der Waals surface area contributed by atoms with Crippen LogP contribution in [0.1, 0.15) is 11.5 Å². The van der Waals surface area contributed by atoms with Crippen molar-refractivity contribution >= 4 is 76.8 Å². The van der Waals surface area contributed by atoms with Crippen LogP contribution in [0.25, 0.3) is 99.8 Å². The summed E-state index contributed by atoms with van der Waals surface area (Å²) in [6.07, 6.45) is 8.77. The van der Waals surface area contributed by atoms with E-state index in [0.29, 0.717) is 17.0 Å². The van der Waals surface area contributed by atoms with Gasteiger partial charge in [0, 0.05) is 55.5 Å². The Bertz CT molecular complexity index is 4040. The SMILES string of the molecule is O=c1c2c(ccc3c2c2ccccc2n3-c2cccc3oc4ccccc4c23)c2ccc3c(c2n1-c1nc(-c2ccccc2)nc(-c2ccccc2)n1)C1C=CC=CC1N3c1ccccc1. The Morgan fingerprint density at radius 1 is 0.455 bits per heavy atom. The molecular formula is C58H36N6O2. The predicted molar refractivity (Wildman–Crippen MR) is 266 cm³/mol. The molecule has 0 saturated heterocycles. The predicted octanol–water partition coefficient (Wildman–Crippen LogP) is 13.4. The van der Waals surface area contributed by atoms with E-state index in [1.165, 1.54) is 0 Å². The molecule has 0 fully saturated rings. The Balaban J connectivity index is 1.16. The van der Waals surface area contributed by atoms with Gasteiger partial charge in [-0.15, -0.1) is 0 Å². The maximum atomic E-state index is 16.5. The third-order valence-electron chi connectivity index (χ3n) is 13.5. The van der Waals surface area contributed by atoms with Gasteiger partial charge in [-0.1, -0.05) is 158 Å². The van der Waals surface area contributed by atoms with Crippen molar-refractivity contribution < 1.29 is 4.42 Å². The molecule has 8 aromatic carbocycles. The van der Waals surface area contributed by atoms with Gasteiger partial charge in [0.2, 0.25) is 5.95 Å². The number of para-hydroxylation sites is 3. The van der Waals surface area contributed by atoms with Crippen LogP contribution in [0.5, 0.6) is 0 Å². The highest BCUT2D eigenvalue weighted by Gasteiger charge is 2.40. The standard InChI is InChI=1S/C58H36N6O2/c65-57-53-38(31-33-46-51(53)40-23-10-14-27-44(40)63(46)45-28-16-30-49-50(45)42-25-12-15-29-48(42)66-49)39-32-34-47-52(41-24-11-13-26-43(41)62(47)37-21-8-3-9-22-37)54(39)64(57)58-60-55(35-17-4-1-5-18-35)59-56(61-58)36-19-6-2-7-20-36/h1-34,41,43H. The highest BCUT2D eigenvalue weighted by atomic mass is 16.3. The monoisotopic (exact) mass is 848 g/mol. The molecule has 0 amide bonds. The molecule has 0 radical (unpaired) electrons. The molecule has 2 aliphatic rings. The fraction of sp³-hybridized carbons (Fsp3) is 0.0345. The summed E-state index contributed by atoms with van der Waals surface area (Å²) in [5.74, 6) is 1.14. The van der Waals surface area contributed by atoms with Crippen molar-refractivity contribution in [3.8, 4) is 34.4 Å². The first kappa shape index (κ1) is 36.6. The summed E-state index contributed by atoms with van der Waals surface area (Å²) in [6, 6.07) is 61.8. The number of nitrogens with zero attached hydrogens (tertiary/aromatic N) is 6. The fourth-order valence-electron chi connectivity index (χ4n) is 10.8. The first-order chi connectivity index (χ1) is 32.7. The van der Waals surface area contributed by atoms with Crippen molar-refractivity contribution in [1.82, 2.24) is 24.1 Å². The second kappa shape index (κ2) is 14.1.